The Morgan fingerprint density at radius 3 is 2.07 bits per heavy atom. The van der Waals surface area contributed by atoms with E-state index in [-0.39, 0.29) is 0 Å². The van der Waals surface area contributed by atoms with Crippen LogP contribution in [0.15, 0.2) is 12.1 Å². The molecule has 1 rings (SSSR count). The fourth-order valence-electron chi connectivity index (χ4n) is 1.09. The number of rotatable bonds is 1. The van der Waals surface area contributed by atoms with E-state index in [0.29, 0.717) is 16.1 Å². The lowest BCUT2D eigenvalue weighted by atomic mass is 10.1. The van der Waals surface area contributed by atoms with Crippen molar-refractivity contribution in [2.75, 3.05) is 19.0 Å². The van der Waals surface area contributed by atoms with Crippen LogP contribution in [-0.2, 0) is 0 Å². The summed E-state index contributed by atoms with van der Waals surface area (Å²) in [7, 11) is 3.66. The van der Waals surface area contributed by atoms with Crippen LogP contribution in [-0.4, -0.2) is 14.1 Å². The molecule has 0 bridgehead atoms. The van der Waals surface area contributed by atoms with Gasteiger partial charge in [-0.05, 0) is 12.1 Å². The highest BCUT2D eigenvalue weighted by molar-refractivity contribution is 6.33. The van der Waals surface area contributed by atoms with Crippen molar-refractivity contribution in [1.29, 1.82) is 10.5 Å². The van der Waals surface area contributed by atoms with Gasteiger partial charge in [-0.25, -0.2) is 0 Å². The lowest BCUT2D eigenvalue weighted by Gasteiger charge is -2.14. The third-order valence-electron chi connectivity index (χ3n) is 1.81. The summed E-state index contributed by atoms with van der Waals surface area (Å²) in [5.74, 6) is 0. The Morgan fingerprint density at radius 1 is 1.14 bits per heavy atom. The summed E-state index contributed by atoms with van der Waals surface area (Å²) in [4.78, 5) is 1.80. The van der Waals surface area contributed by atoms with Crippen molar-refractivity contribution in [3.8, 4) is 12.1 Å². The highest BCUT2D eigenvalue weighted by Crippen LogP contribution is 2.27. The van der Waals surface area contributed by atoms with E-state index in [0.717, 1.165) is 5.69 Å². The average molecular weight is 206 g/mol. The largest absolute Gasteiger partial charge is 0.376 e. The number of benzene rings is 1. The Hall–Kier alpha value is -1.71. The maximum atomic E-state index is 8.78. The van der Waals surface area contributed by atoms with E-state index < -0.39 is 0 Å². The van der Waals surface area contributed by atoms with Gasteiger partial charge in [0.2, 0.25) is 0 Å². The van der Waals surface area contributed by atoms with Gasteiger partial charge in [-0.2, -0.15) is 10.5 Å². The highest BCUT2D eigenvalue weighted by Gasteiger charge is 2.09. The molecule has 0 aromatic heterocycles. The molecule has 0 unspecified atom stereocenters. The first-order valence-electron chi connectivity index (χ1n) is 3.91. The van der Waals surface area contributed by atoms with Gasteiger partial charge in [0.25, 0.3) is 0 Å². The summed E-state index contributed by atoms with van der Waals surface area (Å²) in [5.41, 5.74) is 1.39. The molecule has 0 radical (unpaired) electrons. The minimum atomic E-state index is 0.308. The van der Waals surface area contributed by atoms with Gasteiger partial charge in [0.15, 0.2) is 0 Å². The lowest BCUT2D eigenvalue weighted by Crippen LogP contribution is -2.09. The monoisotopic (exact) mass is 205 g/mol. The van der Waals surface area contributed by atoms with Gasteiger partial charge in [0.05, 0.1) is 21.8 Å². The molecule has 14 heavy (non-hydrogen) atoms. The summed E-state index contributed by atoms with van der Waals surface area (Å²) >= 11 is 5.93. The molecule has 1 aromatic carbocycles. The van der Waals surface area contributed by atoms with Gasteiger partial charge in [0.1, 0.15) is 12.1 Å². The molecule has 0 atom stereocenters. The third-order valence-corrected chi connectivity index (χ3v) is 2.11. The molecule has 0 heterocycles. The van der Waals surface area contributed by atoms with Gasteiger partial charge in [0, 0.05) is 14.1 Å². The van der Waals surface area contributed by atoms with Crippen molar-refractivity contribution < 1.29 is 0 Å². The van der Waals surface area contributed by atoms with Crippen LogP contribution in [0.1, 0.15) is 11.1 Å². The number of hydrogen-bond donors (Lipinski definition) is 0. The molecule has 0 amide bonds. The smallest absolute Gasteiger partial charge is 0.101 e. The van der Waals surface area contributed by atoms with E-state index in [2.05, 4.69) is 0 Å². The van der Waals surface area contributed by atoms with Crippen LogP contribution in [0.4, 0.5) is 5.69 Å². The first kappa shape index (κ1) is 10.4. The highest BCUT2D eigenvalue weighted by atomic mass is 35.5. The Labute approximate surface area is 87.7 Å². The van der Waals surface area contributed by atoms with E-state index in [9.17, 15) is 0 Å². The average Bonchev–Trinajstić information content (AvgIpc) is 2.16. The zero-order valence-electron chi connectivity index (χ0n) is 7.87. The zero-order valence-corrected chi connectivity index (χ0v) is 8.63. The molecule has 0 aliphatic carbocycles. The van der Waals surface area contributed by atoms with E-state index in [1.807, 2.05) is 26.2 Å². The fraction of sp³-hybridized carbons (Fsp3) is 0.200. The van der Waals surface area contributed by atoms with Crippen molar-refractivity contribution in [2.24, 2.45) is 0 Å². The minimum Gasteiger partial charge on any atom is -0.376 e. The molecule has 0 aliphatic heterocycles. The second kappa shape index (κ2) is 4.00. The quantitative estimate of drug-likeness (QED) is 0.706. The van der Waals surface area contributed by atoms with Crippen LogP contribution < -0.4 is 4.90 Å². The molecule has 0 N–H and O–H groups in total. The second-order valence-corrected chi connectivity index (χ2v) is 3.37. The molecular weight excluding hydrogens is 198 g/mol. The fourth-order valence-corrected chi connectivity index (χ4v) is 1.42. The molecule has 4 heteroatoms. The number of nitriles is 2. The Kier molecular flexibility index (Phi) is 2.96. The minimum absolute atomic E-state index is 0.308. The summed E-state index contributed by atoms with van der Waals surface area (Å²) in [6, 6.07) is 7.01. The number of nitrogens with zero attached hydrogens (tertiary/aromatic N) is 3. The Bertz CT molecular complexity index is 438. The van der Waals surface area contributed by atoms with Gasteiger partial charge in [-0.15, -0.1) is 0 Å². The summed E-state index contributed by atoms with van der Waals surface area (Å²) in [6.45, 7) is 0. The molecule has 0 aliphatic rings. The lowest BCUT2D eigenvalue weighted by molar-refractivity contribution is 1.13. The van der Waals surface area contributed by atoms with Crippen LogP contribution in [0, 0.1) is 22.7 Å². The van der Waals surface area contributed by atoms with Crippen LogP contribution in [0.25, 0.3) is 0 Å². The van der Waals surface area contributed by atoms with Gasteiger partial charge in [-0.1, -0.05) is 11.6 Å². The van der Waals surface area contributed by atoms with Crippen molar-refractivity contribution in [3.05, 3.63) is 28.3 Å². The Morgan fingerprint density at radius 2 is 1.64 bits per heavy atom. The van der Waals surface area contributed by atoms with Crippen molar-refractivity contribution >= 4 is 17.3 Å². The van der Waals surface area contributed by atoms with E-state index in [1.54, 1.807) is 11.0 Å². The SMILES string of the molecule is CN(C)c1cc(C#N)c(C#N)cc1Cl. The molecule has 3 nitrogen and oxygen atoms in total. The molecule has 1 aromatic rings. The zero-order chi connectivity index (χ0) is 10.7. The van der Waals surface area contributed by atoms with Crippen LogP contribution in [0.2, 0.25) is 5.02 Å². The normalized spacial score (nSPS) is 8.93. The van der Waals surface area contributed by atoms with Crippen molar-refractivity contribution in [1.82, 2.24) is 0 Å². The standard InChI is InChI=1S/C10H8ClN3/c1-14(2)10-4-8(6-13)7(5-12)3-9(10)11/h3-4H,1-2H3. The maximum absolute atomic E-state index is 8.78. The van der Waals surface area contributed by atoms with Crippen LogP contribution in [0.3, 0.4) is 0 Å². The molecule has 0 fully saturated rings. The maximum Gasteiger partial charge on any atom is 0.101 e. The number of halogens is 1. The van der Waals surface area contributed by atoms with Crippen LogP contribution in [0.5, 0.6) is 0 Å². The Balaban J connectivity index is 3.42. The van der Waals surface area contributed by atoms with Gasteiger partial charge >= 0.3 is 0 Å². The summed E-state index contributed by atoms with van der Waals surface area (Å²) in [5, 5.41) is 18.0. The second-order valence-electron chi connectivity index (χ2n) is 2.97. The van der Waals surface area contributed by atoms with E-state index in [4.69, 9.17) is 22.1 Å². The van der Waals surface area contributed by atoms with E-state index in [1.165, 1.54) is 6.07 Å². The summed E-state index contributed by atoms with van der Waals surface area (Å²) < 4.78 is 0. The molecule has 0 spiro atoms. The molecule has 0 saturated heterocycles. The van der Waals surface area contributed by atoms with Gasteiger partial charge < -0.3 is 4.90 Å². The predicted octanol–water partition coefficient (Wildman–Crippen LogP) is 2.15. The predicted molar refractivity (Wildman–Crippen MR) is 55.2 cm³/mol. The third kappa shape index (κ3) is 1.79. The molecule has 70 valence electrons. The van der Waals surface area contributed by atoms with Gasteiger partial charge in [-0.3, -0.25) is 0 Å². The number of hydrogen-bond acceptors (Lipinski definition) is 3. The van der Waals surface area contributed by atoms with Crippen LogP contribution >= 0.6 is 11.6 Å². The topological polar surface area (TPSA) is 50.8 Å². The first-order chi connectivity index (χ1) is 6.60. The van der Waals surface area contributed by atoms with Crippen molar-refractivity contribution in [3.63, 3.8) is 0 Å². The van der Waals surface area contributed by atoms with Crippen molar-refractivity contribution in [2.45, 2.75) is 0 Å². The van der Waals surface area contributed by atoms with E-state index >= 15 is 0 Å². The summed E-state index contributed by atoms with van der Waals surface area (Å²) in [6.07, 6.45) is 0. The molecule has 0 saturated carbocycles. The first-order valence-corrected chi connectivity index (χ1v) is 4.29. The number of anilines is 1. The molecular formula is C10H8ClN3.